The molecule has 3 saturated carbocycles. The molecule has 6 rings (SSSR count). The Balaban J connectivity index is 1.08. The molecule has 0 radical (unpaired) electrons. The summed E-state index contributed by atoms with van der Waals surface area (Å²) in [5, 5.41) is 9.72. The second kappa shape index (κ2) is 9.97. The summed E-state index contributed by atoms with van der Waals surface area (Å²) in [7, 11) is 0. The van der Waals surface area contributed by atoms with E-state index in [9.17, 15) is 14.0 Å². The Labute approximate surface area is 203 Å². The molecule has 3 aliphatic carbocycles. The number of halogens is 2. The van der Waals surface area contributed by atoms with Crippen molar-refractivity contribution in [2.45, 2.75) is 55.8 Å². The lowest BCUT2D eigenvalue weighted by molar-refractivity contribution is -0.126. The fraction of sp³-hybridized carbons (Fsp3) is 0.667. The van der Waals surface area contributed by atoms with Crippen LogP contribution in [0.3, 0.4) is 0 Å². The first-order valence-electron chi connectivity index (χ1n) is 12.2. The van der Waals surface area contributed by atoms with Gasteiger partial charge in [-0.25, -0.2) is 4.39 Å². The summed E-state index contributed by atoms with van der Waals surface area (Å²) in [6.45, 7) is 4.04. The Morgan fingerprint density at radius 2 is 2.06 bits per heavy atom. The van der Waals surface area contributed by atoms with Crippen LogP contribution >= 0.6 is 11.6 Å². The van der Waals surface area contributed by atoms with Gasteiger partial charge in [0.1, 0.15) is 11.6 Å². The summed E-state index contributed by atoms with van der Waals surface area (Å²) in [4.78, 5) is 27.9. The zero-order valence-corrected chi connectivity index (χ0v) is 19.9. The quantitative estimate of drug-likeness (QED) is 0.531. The molecule has 5 fully saturated rings. The smallest absolute Gasteiger partial charge is 0.258 e. The van der Waals surface area contributed by atoms with Crippen molar-refractivity contribution in [3.8, 4) is 5.75 Å². The van der Waals surface area contributed by atoms with Gasteiger partial charge >= 0.3 is 0 Å². The Morgan fingerprint density at radius 3 is 2.82 bits per heavy atom. The van der Waals surface area contributed by atoms with Crippen LogP contribution < -0.4 is 20.7 Å². The van der Waals surface area contributed by atoms with Gasteiger partial charge in [-0.05, 0) is 56.7 Å². The van der Waals surface area contributed by atoms with Crippen molar-refractivity contribution in [1.29, 1.82) is 0 Å². The van der Waals surface area contributed by atoms with Gasteiger partial charge in [-0.2, -0.15) is 0 Å². The molecular formula is C24H32ClFN4O4. The molecule has 2 aliphatic heterocycles. The van der Waals surface area contributed by atoms with Gasteiger partial charge in [0.25, 0.3) is 5.91 Å². The number of hydrogen-bond acceptors (Lipinski definition) is 6. The largest absolute Gasteiger partial charge is 0.484 e. The fourth-order valence-electron chi connectivity index (χ4n) is 6.01. The van der Waals surface area contributed by atoms with Gasteiger partial charge < -0.3 is 25.4 Å². The molecule has 5 aliphatic rings. The highest BCUT2D eigenvalue weighted by molar-refractivity contribution is 6.30. The van der Waals surface area contributed by atoms with E-state index in [1.807, 2.05) is 0 Å². The van der Waals surface area contributed by atoms with Crippen LogP contribution in [-0.2, 0) is 14.3 Å². The highest BCUT2D eigenvalue weighted by Crippen LogP contribution is 2.52. The van der Waals surface area contributed by atoms with Crippen LogP contribution in [0.5, 0.6) is 5.75 Å². The zero-order chi connectivity index (χ0) is 23.7. The van der Waals surface area contributed by atoms with Crippen LogP contribution in [0.25, 0.3) is 0 Å². The van der Waals surface area contributed by atoms with Crippen LogP contribution in [0.1, 0.15) is 32.1 Å². The van der Waals surface area contributed by atoms with Crippen LogP contribution in [0.2, 0.25) is 5.02 Å². The number of ether oxygens (including phenoxy) is 2. The minimum atomic E-state index is -0.585. The number of fused-ring (bicyclic) bond motifs is 1. The molecule has 10 heteroatoms. The third-order valence-electron chi connectivity index (χ3n) is 7.73. The third kappa shape index (κ3) is 5.17. The molecule has 0 aromatic heterocycles. The van der Waals surface area contributed by atoms with E-state index in [2.05, 4.69) is 20.9 Å². The van der Waals surface area contributed by atoms with Crippen molar-refractivity contribution in [3.05, 3.63) is 29.0 Å². The molecule has 0 spiro atoms. The summed E-state index contributed by atoms with van der Waals surface area (Å²) < 4.78 is 24.4. The minimum Gasteiger partial charge on any atom is -0.484 e. The average molecular weight is 495 g/mol. The molecule has 186 valence electrons. The maximum absolute atomic E-state index is 13.5. The van der Waals surface area contributed by atoms with Gasteiger partial charge in [-0.15, -0.1) is 0 Å². The SMILES string of the molecule is O=C(COc1ccc(Cl)c(F)c1)NC12CC(C1)[C@@H](NC(=O)C1CC(N3CCOCC3)CCN1)C2. The lowest BCUT2D eigenvalue weighted by atomic mass is 9.76. The van der Waals surface area contributed by atoms with E-state index in [1.165, 1.54) is 12.1 Å². The summed E-state index contributed by atoms with van der Waals surface area (Å²) in [5.74, 6) is -0.131. The highest BCUT2D eigenvalue weighted by atomic mass is 35.5. The predicted octanol–water partition coefficient (Wildman–Crippen LogP) is 1.46. The van der Waals surface area contributed by atoms with E-state index in [1.54, 1.807) is 0 Å². The lowest BCUT2D eigenvalue weighted by Gasteiger charge is -2.40. The molecule has 2 amide bonds. The maximum Gasteiger partial charge on any atom is 0.258 e. The normalized spacial score (nSPS) is 33.1. The Morgan fingerprint density at radius 1 is 1.26 bits per heavy atom. The molecule has 2 unspecified atom stereocenters. The van der Waals surface area contributed by atoms with Crippen molar-refractivity contribution in [1.82, 2.24) is 20.9 Å². The van der Waals surface area contributed by atoms with Crippen LogP contribution in [0.15, 0.2) is 18.2 Å². The van der Waals surface area contributed by atoms with Gasteiger partial charge in [0, 0.05) is 36.8 Å². The average Bonchev–Trinajstić information content (AvgIpc) is 3.34. The number of morpholine rings is 1. The number of rotatable bonds is 7. The molecule has 2 bridgehead atoms. The Hall–Kier alpha value is -1.94. The summed E-state index contributed by atoms with van der Waals surface area (Å²) in [6.07, 6.45) is 4.30. The van der Waals surface area contributed by atoms with Gasteiger partial charge in [-0.3, -0.25) is 14.5 Å². The number of piperidine rings is 1. The fourth-order valence-corrected chi connectivity index (χ4v) is 6.12. The Bertz CT molecular complexity index is 922. The lowest BCUT2D eigenvalue weighted by Crippen LogP contribution is -2.56. The summed E-state index contributed by atoms with van der Waals surface area (Å²) in [5.41, 5.74) is -0.287. The first-order chi connectivity index (χ1) is 16.4. The minimum absolute atomic E-state index is 0.00953. The number of nitrogens with one attached hydrogen (secondary N) is 3. The molecule has 3 N–H and O–H groups in total. The van der Waals surface area contributed by atoms with Crippen molar-refractivity contribution < 1.29 is 23.5 Å². The van der Waals surface area contributed by atoms with Crippen LogP contribution in [0.4, 0.5) is 4.39 Å². The summed E-state index contributed by atoms with van der Waals surface area (Å²) in [6, 6.07) is 4.40. The van der Waals surface area contributed by atoms with E-state index < -0.39 is 5.82 Å². The molecule has 2 heterocycles. The second-order valence-electron chi connectivity index (χ2n) is 10.0. The number of amides is 2. The second-order valence-corrected chi connectivity index (χ2v) is 10.4. The molecule has 3 atom stereocenters. The highest BCUT2D eigenvalue weighted by Gasteiger charge is 2.57. The van der Waals surface area contributed by atoms with E-state index in [0.29, 0.717) is 12.0 Å². The molecule has 8 nitrogen and oxygen atoms in total. The van der Waals surface area contributed by atoms with Crippen molar-refractivity contribution in [2.24, 2.45) is 5.92 Å². The zero-order valence-electron chi connectivity index (χ0n) is 19.2. The van der Waals surface area contributed by atoms with Crippen LogP contribution in [0, 0.1) is 11.7 Å². The molecule has 2 saturated heterocycles. The first-order valence-corrected chi connectivity index (χ1v) is 12.5. The molecule has 34 heavy (non-hydrogen) atoms. The maximum atomic E-state index is 13.5. The number of carbonyl (C=O) groups excluding carboxylic acids is 2. The van der Waals surface area contributed by atoms with E-state index in [0.717, 1.165) is 71.0 Å². The standard InChI is InChI=1S/C24H32ClFN4O4/c25-18-2-1-17(10-19(18)26)34-14-22(31)29-24-11-15(12-24)21(13-24)28-23(32)20-9-16(3-4-27-20)30-5-7-33-8-6-30/h1-2,10,15-16,20-21,27H,3-9,11-14H2,(H,28,32)(H,29,31)/t15?,16?,20?,21-,24?/m0/s1. The number of benzene rings is 1. The Kier molecular flexibility index (Phi) is 6.97. The predicted molar refractivity (Wildman–Crippen MR) is 124 cm³/mol. The third-order valence-corrected chi connectivity index (χ3v) is 8.04. The number of hydrogen-bond donors (Lipinski definition) is 3. The van der Waals surface area contributed by atoms with Crippen LogP contribution in [-0.4, -0.2) is 79.8 Å². The van der Waals surface area contributed by atoms with Gasteiger partial charge in [0.2, 0.25) is 5.91 Å². The topological polar surface area (TPSA) is 91.9 Å². The van der Waals surface area contributed by atoms with E-state index in [4.69, 9.17) is 21.1 Å². The first kappa shape index (κ1) is 23.8. The van der Waals surface area contributed by atoms with E-state index >= 15 is 0 Å². The number of carbonyl (C=O) groups is 2. The van der Waals surface area contributed by atoms with Gasteiger partial charge in [0.05, 0.1) is 24.3 Å². The van der Waals surface area contributed by atoms with Gasteiger partial charge in [0.15, 0.2) is 6.61 Å². The molecular weight excluding hydrogens is 463 g/mol. The van der Waals surface area contributed by atoms with Crippen molar-refractivity contribution in [3.63, 3.8) is 0 Å². The summed E-state index contributed by atoms with van der Waals surface area (Å²) >= 11 is 5.67. The number of nitrogens with zero attached hydrogens (tertiary/aromatic N) is 1. The van der Waals surface area contributed by atoms with Gasteiger partial charge in [-0.1, -0.05) is 11.6 Å². The monoisotopic (exact) mass is 494 g/mol. The molecule has 1 aromatic carbocycles. The van der Waals surface area contributed by atoms with Crippen molar-refractivity contribution >= 4 is 23.4 Å². The van der Waals surface area contributed by atoms with E-state index in [-0.39, 0.29) is 46.8 Å². The van der Waals surface area contributed by atoms with Crippen molar-refractivity contribution in [2.75, 3.05) is 39.5 Å². The molecule has 1 aromatic rings.